The van der Waals surface area contributed by atoms with Crippen molar-refractivity contribution in [1.29, 1.82) is 0 Å². The van der Waals surface area contributed by atoms with Crippen molar-refractivity contribution in [3.63, 3.8) is 0 Å². The maximum atomic E-state index is 11.8. The van der Waals surface area contributed by atoms with E-state index in [-0.39, 0.29) is 19.0 Å². The van der Waals surface area contributed by atoms with Crippen LogP contribution in [0.3, 0.4) is 0 Å². The molecule has 1 rings (SSSR count). The predicted molar refractivity (Wildman–Crippen MR) is 63.1 cm³/mol. The fourth-order valence-corrected chi connectivity index (χ4v) is 1.85. The van der Waals surface area contributed by atoms with Crippen molar-refractivity contribution in [3.8, 4) is 0 Å². The Morgan fingerprint density at radius 2 is 1.82 bits per heavy atom. The van der Waals surface area contributed by atoms with E-state index in [4.69, 9.17) is 10.8 Å². The summed E-state index contributed by atoms with van der Waals surface area (Å²) in [7, 11) is 0. The van der Waals surface area contributed by atoms with Crippen LogP contribution in [0.15, 0.2) is 0 Å². The molecule has 0 bridgehead atoms. The van der Waals surface area contributed by atoms with Gasteiger partial charge in [0.15, 0.2) is 0 Å². The molecule has 4 N–H and O–H groups in total. The number of hydrogen-bond acceptors (Lipinski definition) is 4. The lowest BCUT2D eigenvalue weighted by Gasteiger charge is -2.20. The molecule has 0 saturated carbocycles. The summed E-state index contributed by atoms with van der Waals surface area (Å²) in [5, 5.41) is 11.9. The first-order valence-corrected chi connectivity index (χ1v) is 6.07. The van der Waals surface area contributed by atoms with Crippen LogP contribution < -0.4 is 11.1 Å². The van der Waals surface area contributed by atoms with Gasteiger partial charge in [0, 0.05) is 19.6 Å². The third-order valence-electron chi connectivity index (χ3n) is 2.90. The number of nitrogens with zero attached hydrogens (tertiary/aromatic N) is 1. The van der Waals surface area contributed by atoms with E-state index in [2.05, 4.69) is 5.32 Å². The second-order valence-corrected chi connectivity index (χ2v) is 4.34. The molecule has 1 aliphatic heterocycles. The molecule has 1 unspecified atom stereocenters. The average Bonchev–Trinajstić information content (AvgIpc) is 2.57. The number of carbonyl (C=O) groups excluding carboxylic acids is 2. The van der Waals surface area contributed by atoms with E-state index in [0.717, 1.165) is 25.9 Å². The van der Waals surface area contributed by atoms with Crippen LogP contribution >= 0.6 is 0 Å². The molecule has 0 spiro atoms. The first kappa shape index (κ1) is 13.9. The lowest BCUT2D eigenvalue weighted by Crippen LogP contribution is -2.43. The molecule has 1 fully saturated rings. The van der Waals surface area contributed by atoms with E-state index in [1.165, 1.54) is 12.8 Å². The van der Waals surface area contributed by atoms with Gasteiger partial charge in [-0.05, 0) is 12.8 Å². The lowest BCUT2D eigenvalue weighted by molar-refractivity contribution is -0.131. The van der Waals surface area contributed by atoms with Crippen LogP contribution in [0.25, 0.3) is 0 Å². The highest BCUT2D eigenvalue weighted by Gasteiger charge is 2.16. The predicted octanol–water partition coefficient (Wildman–Crippen LogP) is -1.18. The number of nitrogens with two attached hydrogens (primary N) is 1. The fourth-order valence-electron chi connectivity index (χ4n) is 1.85. The molecule has 6 nitrogen and oxygen atoms in total. The molecule has 98 valence electrons. The van der Waals surface area contributed by atoms with Gasteiger partial charge in [0.25, 0.3) is 0 Å². The fraction of sp³-hybridized carbons (Fsp3) is 0.818. The van der Waals surface area contributed by atoms with Crippen LogP contribution in [-0.4, -0.2) is 54.1 Å². The number of carbonyl (C=O) groups is 2. The van der Waals surface area contributed by atoms with E-state index in [1.807, 2.05) is 4.90 Å². The molecular weight excluding hydrogens is 222 g/mol. The van der Waals surface area contributed by atoms with Gasteiger partial charge in [-0.1, -0.05) is 12.8 Å². The van der Waals surface area contributed by atoms with E-state index in [9.17, 15) is 9.59 Å². The molecule has 2 amide bonds. The maximum absolute atomic E-state index is 11.8. The van der Waals surface area contributed by atoms with Gasteiger partial charge in [0.2, 0.25) is 11.8 Å². The maximum Gasteiger partial charge on any atom is 0.247 e. The Labute approximate surface area is 101 Å². The van der Waals surface area contributed by atoms with Gasteiger partial charge in [0.05, 0.1) is 6.54 Å². The molecule has 0 aliphatic carbocycles. The van der Waals surface area contributed by atoms with E-state index in [1.54, 1.807) is 0 Å². The van der Waals surface area contributed by atoms with Crippen molar-refractivity contribution in [1.82, 2.24) is 10.2 Å². The molecular formula is C11H21N3O3. The van der Waals surface area contributed by atoms with Crippen molar-refractivity contribution in [2.75, 3.05) is 26.2 Å². The zero-order valence-corrected chi connectivity index (χ0v) is 10.0. The molecule has 1 atom stereocenters. The summed E-state index contributed by atoms with van der Waals surface area (Å²) in [5.41, 5.74) is 4.89. The second kappa shape index (κ2) is 7.24. The first-order valence-electron chi connectivity index (χ1n) is 6.07. The number of aliphatic hydroxyl groups excluding tert-OH is 1. The Hall–Kier alpha value is -1.14. The van der Waals surface area contributed by atoms with Crippen molar-refractivity contribution >= 4 is 11.8 Å². The summed E-state index contributed by atoms with van der Waals surface area (Å²) >= 11 is 0. The Kier molecular flexibility index (Phi) is 5.93. The van der Waals surface area contributed by atoms with E-state index in [0.29, 0.717) is 0 Å². The van der Waals surface area contributed by atoms with Gasteiger partial charge in [-0.3, -0.25) is 9.59 Å². The highest BCUT2D eigenvalue weighted by molar-refractivity contribution is 5.79. The topological polar surface area (TPSA) is 95.7 Å². The third kappa shape index (κ3) is 5.14. The van der Waals surface area contributed by atoms with Gasteiger partial charge < -0.3 is 21.1 Å². The van der Waals surface area contributed by atoms with Crippen molar-refractivity contribution in [3.05, 3.63) is 0 Å². The standard InChI is InChI=1S/C11H21N3O3/c12-11(17)9(15)7-13-8-10(16)14-5-3-1-2-4-6-14/h9,13,15H,1-8H2,(H2,12,17). The number of nitrogens with one attached hydrogen (secondary N) is 1. The normalized spacial score (nSPS) is 18.5. The van der Waals surface area contributed by atoms with Crippen LogP contribution in [0.2, 0.25) is 0 Å². The average molecular weight is 243 g/mol. The van der Waals surface area contributed by atoms with E-state index >= 15 is 0 Å². The molecule has 6 heteroatoms. The lowest BCUT2D eigenvalue weighted by atomic mass is 10.2. The van der Waals surface area contributed by atoms with E-state index < -0.39 is 12.0 Å². The Morgan fingerprint density at radius 1 is 1.24 bits per heavy atom. The van der Waals surface area contributed by atoms with Crippen LogP contribution in [0.1, 0.15) is 25.7 Å². The minimum Gasteiger partial charge on any atom is -0.382 e. The van der Waals surface area contributed by atoms with Gasteiger partial charge in [-0.25, -0.2) is 0 Å². The molecule has 0 aromatic heterocycles. The number of hydrogen-bond donors (Lipinski definition) is 3. The number of aliphatic hydroxyl groups is 1. The Bertz CT molecular complexity index is 263. The minimum atomic E-state index is -1.23. The molecule has 1 saturated heterocycles. The molecule has 0 aromatic carbocycles. The zero-order valence-electron chi connectivity index (χ0n) is 10.0. The van der Waals surface area contributed by atoms with Crippen LogP contribution in [0, 0.1) is 0 Å². The summed E-state index contributed by atoms with van der Waals surface area (Å²) < 4.78 is 0. The summed E-state index contributed by atoms with van der Waals surface area (Å²) in [6.07, 6.45) is 3.23. The smallest absolute Gasteiger partial charge is 0.247 e. The summed E-state index contributed by atoms with van der Waals surface area (Å²) in [4.78, 5) is 24.2. The second-order valence-electron chi connectivity index (χ2n) is 4.34. The van der Waals surface area contributed by atoms with Gasteiger partial charge >= 0.3 is 0 Å². The summed E-state index contributed by atoms with van der Waals surface area (Å²) in [6.45, 7) is 1.77. The first-order chi connectivity index (χ1) is 8.11. The molecule has 1 heterocycles. The molecule has 17 heavy (non-hydrogen) atoms. The largest absolute Gasteiger partial charge is 0.382 e. The SMILES string of the molecule is NC(=O)C(O)CNCC(=O)N1CCCCCC1. The molecule has 0 aromatic rings. The van der Waals surface area contributed by atoms with Crippen LogP contribution in [-0.2, 0) is 9.59 Å². The highest BCUT2D eigenvalue weighted by Crippen LogP contribution is 2.09. The van der Waals surface area contributed by atoms with Crippen molar-refractivity contribution in [2.24, 2.45) is 5.73 Å². The monoisotopic (exact) mass is 243 g/mol. The summed E-state index contributed by atoms with van der Waals surface area (Å²) in [5.74, 6) is -0.761. The highest BCUT2D eigenvalue weighted by atomic mass is 16.3. The number of amides is 2. The van der Waals surface area contributed by atoms with Gasteiger partial charge in [0.1, 0.15) is 6.10 Å². The number of primary amides is 1. The Balaban J connectivity index is 2.21. The van der Waals surface area contributed by atoms with Crippen LogP contribution in [0.5, 0.6) is 0 Å². The zero-order chi connectivity index (χ0) is 12.7. The van der Waals surface area contributed by atoms with Gasteiger partial charge in [-0.2, -0.15) is 0 Å². The minimum absolute atomic E-state index is 0.0172. The molecule has 0 radical (unpaired) electrons. The third-order valence-corrected chi connectivity index (χ3v) is 2.90. The van der Waals surface area contributed by atoms with Crippen molar-refractivity contribution < 1.29 is 14.7 Å². The quantitative estimate of drug-likeness (QED) is 0.566. The Morgan fingerprint density at radius 3 is 2.35 bits per heavy atom. The van der Waals surface area contributed by atoms with Crippen molar-refractivity contribution in [2.45, 2.75) is 31.8 Å². The summed E-state index contributed by atoms with van der Waals surface area (Å²) in [6, 6.07) is 0. The van der Waals surface area contributed by atoms with Gasteiger partial charge in [-0.15, -0.1) is 0 Å². The van der Waals surface area contributed by atoms with Crippen LogP contribution in [0.4, 0.5) is 0 Å². The number of rotatable bonds is 5. The molecule has 1 aliphatic rings. The number of likely N-dealkylation sites (tertiary alicyclic amines) is 1.